The summed E-state index contributed by atoms with van der Waals surface area (Å²) in [5.74, 6) is 1.07. The lowest BCUT2D eigenvalue weighted by atomic mass is 10.4. The Morgan fingerprint density at radius 1 is 1.06 bits per heavy atom. The van der Waals surface area contributed by atoms with E-state index in [-0.39, 0.29) is 5.91 Å². The number of amides is 1. The van der Waals surface area contributed by atoms with E-state index in [0.29, 0.717) is 6.54 Å². The van der Waals surface area contributed by atoms with Gasteiger partial charge in [-0.05, 0) is 25.7 Å². The van der Waals surface area contributed by atoms with Crippen molar-refractivity contribution < 1.29 is 4.79 Å². The fourth-order valence-electron chi connectivity index (χ4n) is 2.49. The SMILES string of the molecule is CN=C(NCC(=O)N1CCCC1)N1CCCC1. The van der Waals surface area contributed by atoms with Crippen LogP contribution in [0.15, 0.2) is 4.99 Å². The molecule has 1 N–H and O–H groups in total. The van der Waals surface area contributed by atoms with Gasteiger partial charge >= 0.3 is 0 Å². The zero-order valence-corrected chi connectivity index (χ0v) is 10.6. The van der Waals surface area contributed by atoms with Crippen LogP contribution in [-0.2, 0) is 4.79 Å². The summed E-state index contributed by atoms with van der Waals surface area (Å²) in [6, 6.07) is 0. The van der Waals surface area contributed by atoms with E-state index in [1.807, 2.05) is 4.90 Å². The highest BCUT2D eigenvalue weighted by Crippen LogP contribution is 2.08. The van der Waals surface area contributed by atoms with Gasteiger partial charge in [-0.1, -0.05) is 0 Å². The first kappa shape index (κ1) is 12.2. The van der Waals surface area contributed by atoms with Crippen LogP contribution in [0.5, 0.6) is 0 Å². The molecule has 2 aliphatic rings. The van der Waals surface area contributed by atoms with E-state index in [2.05, 4.69) is 15.2 Å². The topological polar surface area (TPSA) is 47.9 Å². The van der Waals surface area contributed by atoms with Crippen LogP contribution in [0.4, 0.5) is 0 Å². The molecule has 1 amide bonds. The number of carbonyl (C=O) groups is 1. The van der Waals surface area contributed by atoms with Gasteiger partial charge in [0, 0.05) is 33.2 Å². The van der Waals surface area contributed by atoms with Gasteiger partial charge in [-0.15, -0.1) is 0 Å². The van der Waals surface area contributed by atoms with E-state index >= 15 is 0 Å². The lowest BCUT2D eigenvalue weighted by Gasteiger charge is -2.22. The molecule has 0 atom stereocenters. The van der Waals surface area contributed by atoms with Gasteiger partial charge in [0.2, 0.25) is 5.91 Å². The van der Waals surface area contributed by atoms with Gasteiger partial charge in [0.15, 0.2) is 5.96 Å². The third-order valence-electron chi connectivity index (χ3n) is 3.47. The molecular formula is C12H22N4O. The number of rotatable bonds is 2. The van der Waals surface area contributed by atoms with Gasteiger partial charge < -0.3 is 15.1 Å². The van der Waals surface area contributed by atoms with Crippen LogP contribution in [0.1, 0.15) is 25.7 Å². The first-order valence-electron chi connectivity index (χ1n) is 6.54. The van der Waals surface area contributed by atoms with Crippen molar-refractivity contribution in [2.45, 2.75) is 25.7 Å². The average Bonchev–Trinajstić information content (AvgIpc) is 3.02. The van der Waals surface area contributed by atoms with Crippen molar-refractivity contribution in [1.29, 1.82) is 0 Å². The van der Waals surface area contributed by atoms with E-state index < -0.39 is 0 Å². The molecule has 0 unspecified atom stereocenters. The summed E-state index contributed by atoms with van der Waals surface area (Å²) in [5, 5.41) is 3.17. The van der Waals surface area contributed by atoms with Crippen LogP contribution >= 0.6 is 0 Å². The fraction of sp³-hybridized carbons (Fsp3) is 0.833. The average molecular weight is 238 g/mol. The molecular weight excluding hydrogens is 216 g/mol. The maximum absolute atomic E-state index is 11.9. The quantitative estimate of drug-likeness (QED) is 0.555. The summed E-state index contributed by atoms with van der Waals surface area (Å²) < 4.78 is 0. The van der Waals surface area contributed by atoms with Crippen molar-refractivity contribution in [3.8, 4) is 0 Å². The second kappa shape index (κ2) is 5.89. The van der Waals surface area contributed by atoms with Crippen molar-refractivity contribution in [3.63, 3.8) is 0 Å². The molecule has 0 saturated carbocycles. The second-order valence-electron chi connectivity index (χ2n) is 4.68. The minimum atomic E-state index is 0.197. The van der Waals surface area contributed by atoms with Crippen LogP contribution in [0.25, 0.3) is 0 Å². The molecule has 5 nitrogen and oxygen atoms in total. The number of likely N-dealkylation sites (tertiary alicyclic amines) is 2. The third-order valence-corrected chi connectivity index (χ3v) is 3.47. The Morgan fingerprint density at radius 3 is 2.12 bits per heavy atom. The number of hydrogen-bond acceptors (Lipinski definition) is 2. The summed E-state index contributed by atoms with van der Waals surface area (Å²) in [5.41, 5.74) is 0. The molecule has 17 heavy (non-hydrogen) atoms. The second-order valence-corrected chi connectivity index (χ2v) is 4.68. The Kier molecular flexibility index (Phi) is 4.23. The molecule has 2 saturated heterocycles. The highest BCUT2D eigenvalue weighted by atomic mass is 16.2. The van der Waals surface area contributed by atoms with E-state index in [1.165, 1.54) is 12.8 Å². The maximum Gasteiger partial charge on any atom is 0.241 e. The van der Waals surface area contributed by atoms with Gasteiger partial charge in [-0.25, -0.2) is 0 Å². The molecule has 2 rings (SSSR count). The van der Waals surface area contributed by atoms with Crippen LogP contribution in [0.2, 0.25) is 0 Å². The van der Waals surface area contributed by atoms with Gasteiger partial charge in [0.1, 0.15) is 0 Å². The first-order chi connectivity index (χ1) is 8.31. The Bertz CT molecular complexity index is 291. The highest BCUT2D eigenvalue weighted by molar-refractivity contribution is 5.86. The smallest absolute Gasteiger partial charge is 0.241 e. The zero-order valence-electron chi connectivity index (χ0n) is 10.6. The fourth-order valence-corrected chi connectivity index (χ4v) is 2.49. The Morgan fingerprint density at radius 2 is 1.59 bits per heavy atom. The van der Waals surface area contributed by atoms with E-state index in [4.69, 9.17) is 0 Å². The predicted molar refractivity (Wildman–Crippen MR) is 68.0 cm³/mol. The van der Waals surface area contributed by atoms with Crippen LogP contribution in [-0.4, -0.2) is 61.4 Å². The molecule has 0 aromatic heterocycles. The van der Waals surface area contributed by atoms with Gasteiger partial charge in [0.25, 0.3) is 0 Å². The molecule has 96 valence electrons. The standard InChI is InChI=1S/C12H22N4O/c1-13-12(16-8-4-5-9-16)14-10-11(17)15-6-2-3-7-15/h2-10H2,1H3,(H,13,14). The minimum absolute atomic E-state index is 0.197. The van der Waals surface area contributed by atoms with E-state index in [9.17, 15) is 4.79 Å². The normalized spacial score (nSPS) is 21.1. The number of hydrogen-bond donors (Lipinski definition) is 1. The Hall–Kier alpha value is -1.26. The predicted octanol–water partition coefficient (Wildman–Crippen LogP) is 0.280. The molecule has 0 bridgehead atoms. The Balaban J connectivity index is 1.77. The van der Waals surface area contributed by atoms with Gasteiger partial charge in [-0.3, -0.25) is 9.79 Å². The zero-order chi connectivity index (χ0) is 12.1. The first-order valence-corrected chi connectivity index (χ1v) is 6.54. The molecule has 0 aliphatic carbocycles. The van der Waals surface area contributed by atoms with Crippen LogP contribution in [0, 0.1) is 0 Å². The number of aliphatic imine (C=N–C) groups is 1. The molecule has 0 aromatic rings. The summed E-state index contributed by atoms with van der Waals surface area (Å²) >= 11 is 0. The van der Waals surface area contributed by atoms with Crippen molar-refractivity contribution in [2.75, 3.05) is 39.8 Å². The Labute approximate surface area is 103 Å². The van der Waals surface area contributed by atoms with Gasteiger partial charge in [0.05, 0.1) is 6.54 Å². The van der Waals surface area contributed by atoms with Crippen molar-refractivity contribution in [3.05, 3.63) is 0 Å². The summed E-state index contributed by atoms with van der Waals surface area (Å²) in [6.07, 6.45) is 4.74. The van der Waals surface area contributed by atoms with E-state index in [0.717, 1.165) is 45.0 Å². The third kappa shape index (κ3) is 3.11. The molecule has 0 radical (unpaired) electrons. The van der Waals surface area contributed by atoms with Crippen LogP contribution < -0.4 is 5.32 Å². The molecule has 0 spiro atoms. The number of nitrogens with zero attached hydrogens (tertiary/aromatic N) is 3. The summed E-state index contributed by atoms with van der Waals surface area (Å²) in [4.78, 5) is 20.3. The minimum Gasteiger partial charge on any atom is -0.347 e. The lowest BCUT2D eigenvalue weighted by Crippen LogP contribution is -2.45. The molecule has 0 aromatic carbocycles. The van der Waals surface area contributed by atoms with E-state index in [1.54, 1.807) is 7.05 Å². The van der Waals surface area contributed by atoms with Crippen molar-refractivity contribution in [2.24, 2.45) is 4.99 Å². The van der Waals surface area contributed by atoms with Crippen LogP contribution in [0.3, 0.4) is 0 Å². The monoisotopic (exact) mass is 238 g/mol. The highest BCUT2D eigenvalue weighted by Gasteiger charge is 2.20. The molecule has 2 heterocycles. The molecule has 2 fully saturated rings. The largest absolute Gasteiger partial charge is 0.347 e. The number of nitrogens with one attached hydrogen (secondary N) is 1. The number of guanidine groups is 1. The van der Waals surface area contributed by atoms with Crippen molar-refractivity contribution in [1.82, 2.24) is 15.1 Å². The van der Waals surface area contributed by atoms with Gasteiger partial charge in [-0.2, -0.15) is 0 Å². The summed E-state index contributed by atoms with van der Waals surface area (Å²) in [6.45, 7) is 4.32. The summed E-state index contributed by atoms with van der Waals surface area (Å²) in [7, 11) is 1.78. The van der Waals surface area contributed by atoms with Crippen molar-refractivity contribution >= 4 is 11.9 Å². The lowest BCUT2D eigenvalue weighted by molar-refractivity contribution is -0.128. The molecule has 5 heteroatoms. The maximum atomic E-state index is 11.9. The number of carbonyl (C=O) groups excluding carboxylic acids is 1. The molecule has 2 aliphatic heterocycles.